The van der Waals surface area contributed by atoms with Gasteiger partial charge in [0.2, 0.25) is 0 Å². The van der Waals surface area contributed by atoms with E-state index in [4.69, 9.17) is 23.2 Å². The molecular formula is C20H16Cl2S. The molecule has 0 atom stereocenters. The number of hydrogen-bond donors (Lipinski definition) is 1. The SMILES string of the molecule is Sc1cccc(Cc2ccc(Cl)cc2)c1Cc1ccc(Cl)cc1. The van der Waals surface area contributed by atoms with Gasteiger partial charge in [-0.05, 0) is 65.4 Å². The van der Waals surface area contributed by atoms with Crippen LogP contribution in [0.25, 0.3) is 0 Å². The van der Waals surface area contributed by atoms with Crippen molar-refractivity contribution in [2.75, 3.05) is 0 Å². The summed E-state index contributed by atoms with van der Waals surface area (Å²) in [4.78, 5) is 1.02. The van der Waals surface area contributed by atoms with Crippen LogP contribution in [-0.4, -0.2) is 0 Å². The van der Waals surface area contributed by atoms with E-state index in [2.05, 4.69) is 49.0 Å². The van der Waals surface area contributed by atoms with Crippen LogP contribution in [0.1, 0.15) is 22.3 Å². The third-order valence-corrected chi connectivity index (χ3v) is 4.77. The summed E-state index contributed by atoms with van der Waals surface area (Å²) in [6, 6.07) is 22.2. The molecule has 0 N–H and O–H groups in total. The first kappa shape index (κ1) is 16.4. The van der Waals surface area contributed by atoms with Gasteiger partial charge in [-0.1, -0.05) is 59.6 Å². The van der Waals surface area contributed by atoms with E-state index >= 15 is 0 Å². The van der Waals surface area contributed by atoms with Gasteiger partial charge >= 0.3 is 0 Å². The normalized spacial score (nSPS) is 10.7. The number of benzene rings is 3. The molecule has 0 bridgehead atoms. The average molecular weight is 359 g/mol. The summed E-state index contributed by atoms with van der Waals surface area (Å²) < 4.78 is 0. The highest BCUT2D eigenvalue weighted by molar-refractivity contribution is 7.80. The minimum Gasteiger partial charge on any atom is -0.143 e. The summed E-state index contributed by atoms with van der Waals surface area (Å²) in [6.45, 7) is 0. The quantitative estimate of drug-likeness (QED) is 0.508. The molecule has 0 radical (unpaired) electrons. The number of rotatable bonds is 4. The maximum atomic E-state index is 5.97. The smallest absolute Gasteiger partial charge is 0.0406 e. The van der Waals surface area contributed by atoms with Crippen molar-refractivity contribution in [3.63, 3.8) is 0 Å². The van der Waals surface area contributed by atoms with Gasteiger partial charge < -0.3 is 0 Å². The van der Waals surface area contributed by atoms with Gasteiger partial charge in [-0.2, -0.15) is 0 Å². The van der Waals surface area contributed by atoms with Crippen molar-refractivity contribution >= 4 is 35.8 Å². The summed E-state index contributed by atoms with van der Waals surface area (Å²) in [6.07, 6.45) is 1.72. The highest BCUT2D eigenvalue weighted by Crippen LogP contribution is 2.25. The van der Waals surface area contributed by atoms with E-state index in [1.807, 2.05) is 30.3 Å². The molecule has 0 heterocycles. The first-order valence-electron chi connectivity index (χ1n) is 7.40. The molecule has 3 rings (SSSR count). The van der Waals surface area contributed by atoms with Crippen molar-refractivity contribution in [2.24, 2.45) is 0 Å². The predicted octanol–water partition coefficient (Wildman–Crippen LogP) is 6.46. The molecule has 116 valence electrons. The second-order valence-electron chi connectivity index (χ2n) is 5.52. The Morgan fingerprint density at radius 1 is 0.652 bits per heavy atom. The zero-order valence-electron chi connectivity index (χ0n) is 12.5. The largest absolute Gasteiger partial charge is 0.143 e. The molecule has 0 aliphatic heterocycles. The van der Waals surface area contributed by atoms with E-state index < -0.39 is 0 Å². The van der Waals surface area contributed by atoms with Crippen LogP contribution in [0.2, 0.25) is 10.0 Å². The van der Waals surface area contributed by atoms with Crippen LogP contribution in [0.5, 0.6) is 0 Å². The Hall–Kier alpha value is -1.41. The first-order chi connectivity index (χ1) is 11.1. The van der Waals surface area contributed by atoms with Crippen LogP contribution >= 0.6 is 35.8 Å². The Labute approximate surface area is 152 Å². The number of hydrogen-bond acceptors (Lipinski definition) is 1. The zero-order valence-corrected chi connectivity index (χ0v) is 14.9. The van der Waals surface area contributed by atoms with E-state index in [1.165, 1.54) is 22.3 Å². The summed E-state index contributed by atoms with van der Waals surface area (Å²) in [5, 5.41) is 1.52. The Kier molecular flexibility index (Phi) is 5.32. The summed E-state index contributed by atoms with van der Waals surface area (Å²) in [5.41, 5.74) is 5.02. The topological polar surface area (TPSA) is 0 Å². The van der Waals surface area contributed by atoms with Gasteiger partial charge in [0.05, 0.1) is 0 Å². The van der Waals surface area contributed by atoms with E-state index in [9.17, 15) is 0 Å². The van der Waals surface area contributed by atoms with Crippen LogP contribution in [0.15, 0.2) is 71.6 Å². The zero-order chi connectivity index (χ0) is 16.2. The van der Waals surface area contributed by atoms with E-state index in [0.717, 1.165) is 27.8 Å². The van der Waals surface area contributed by atoms with Crippen LogP contribution in [0, 0.1) is 0 Å². The summed E-state index contributed by atoms with van der Waals surface area (Å²) in [7, 11) is 0. The molecule has 0 saturated heterocycles. The van der Waals surface area contributed by atoms with Gasteiger partial charge in [-0.25, -0.2) is 0 Å². The van der Waals surface area contributed by atoms with Crippen molar-refractivity contribution in [3.8, 4) is 0 Å². The lowest BCUT2D eigenvalue weighted by molar-refractivity contribution is 1.05. The molecule has 0 aromatic heterocycles. The molecule has 0 fully saturated rings. The van der Waals surface area contributed by atoms with Crippen molar-refractivity contribution in [3.05, 3.63) is 99.0 Å². The molecule has 0 aliphatic carbocycles. The summed E-state index contributed by atoms with van der Waals surface area (Å²) in [5.74, 6) is 0. The fraction of sp³-hybridized carbons (Fsp3) is 0.100. The summed E-state index contributed by atoms with van der Waals surface area (Å²) >= 11 is 16.6. The Morgan fingerprint density at radius 3 is 1.74 bits per heavy atom. The molecule has 23 heavy (non-hydrogen) atoms. The molecule has 0 saturated carbocycles. The monoisotopic (exact) mass is 358 g/mol. The maximum Gasteiger partial charge on any atom is 0.0406 e. The third kappa shape index (κ3) is 4.32. The Bertz CT molecular complexity index is 793. The first-order valence-corrected chi connectivity index (χ1v) is 8.61. The van der Waals surface area contributed by atoms with Gasteiger partial charge in [-0.15, -0.1) is 12.6 Å². The van der Waals surface area contributed by atoms with Crippen molar-refractivity contribution in [1.29, 1.82) is 0 Å². The molecule has 0 unspecified atom stereocenters. The van der Waals surface area contributed by atoms with Crippen molar-refractivity contribution in [2.45, 2.75) is 17.7 Å². The van der Waals surface area contributed by atoms with Crippen LogP contribution in [0.4, 0.5) is 0 Å². The molecule has 0 aliphatic rings. The lowest BCUT2D eigenvalue weighted by Gasteiger charge is -2.13. The van der Waals surface area contributed by atoms with Gasteiger partial charge in [0, 0.05) is 14.9 Å². The fourth-order valence-corrected chi connectivity index (χ4v) is 3.18. The van der Waals surface area contributed by atoms with Gasteiger partial charge in [0.15, 0.2) is 0 Å². The third-order valence-electron chi connectivity index (χ3n) is 3.85. The highest BCUT2D eigenvalue weighted by atomic mass is 35.5. The number of halogens is 2. The van der Waals surface area contributed by atoms with Crippen molar-refractivity contribution < 1.29 is 0 Å². The van der Waals surface area contributed by atoms with E-state index in [-0.39, 0.29) is 0 Å². The molecular weight excluding hydrogens is 343 g/mol. The molecule has 0 nitrogen and oxygen atoms in total. The van der Waals surface area contributed by atoms with Crippen LogP contribution < -0.4 is 0 Å². The maximum absolute atomic E-state index is 5.97. The van der Waals surface area contributed by atoms with Crippen LogP contribution in [0.3, 0.4) is 0 Å². The lowest BCUT2D eigenvalue weighted by Crippen LogP contribution is -1.99. The highest BCUT2D eigenvalue weighted by Gasteiger charge is 2.08. The van der Waals surface area contributed by atoms with Crippen LogP contribution in [-0.2, 0) is 12.8 Å². The lowest BCUT2D eigenvalue weighted by atomic mass is 9.95. The molecule has 3 aromatic rings. The van der Waals surface area contributed by atoms with Gasteiger partial charge in [0.1, 0.15) is 0 Å². The Morgan fingerprint density at radius 2 is 1.17 bits per heavy atom. The second-order valence-corrected chi connectivity index (χ2v) is 6.88. The van der Waals surface area contributed by atoms with Gasteiger partial charge in [0.25, 0.3) is 0 Å². The molecule has 0 spiro atoms. The second kappa shape index (κ2) is 7.44. The minimum absolute atomic E-state index is 0.759. The fourth-order valence-electron chi connectivity index (χ4n) is 2.62. The predicted molar refractivity (Wildman–Crippen MR) is 102 cm³/mol. The average Bonchev–Trinajstić information content (AvgIpc) is 2.55. The molecule has 3 heteroatoms. The molecule has 0 amide bonds. The van der Waals surface area contributed by atoms with Gasteiger partial charge in [-0.3, -0.25) is 0 Å². The Balaban J connectivity index is 1.90. The number of thiol groups is 1. The molecule has 3 aromatic carbocycles. The minimum atomic E-state index is 0.759. The standard InChI is InChI=1S/C20H16Cl2S/c21-17-8-4-14(5-9-17)12-16-2-1-3-20(23)19(16)13-15-6-10-18(22)11-7-15/h1-11,23H,12-13H2. The van der Waals surface area contributed by atoms with Crippen molar-refractivity contribution in [1.82, 2.24) is 0 Å². The van der Waals surface area contributed by atoms with E-state index in [0.29, 0.717) is 0 Å². The van der Waals surface area contributed by atoms with E-state index in [1.54, 1.807) is 0 Å².